The van der Waals surface area contributed by atoms with Crippen LogP contribution in [0.1, 0.15) is 26.7 Å². The summed E-state index contributed by atoms with van der Waals surface area (Å²) in [5.74, 6) is -0.981. The summed E-state index contributed by atoms with van der Waals surface area (Å²) in [4.78, 5) is 23.1. The van der Waals surface area contributed by atoms with Crippen molar-refractivity contribution in [3.05, 3.63) is 0 Å². The fourth-order valence-electron chi connectivity index (χ4n) is 0.961. The molecule has 88 valence electrons. The van der Waals surface area contributed by atoms with Crippen LogP contribution in [0, 0.1) is 0 Å². The molecule has 0 aliphatic heterocycles. The highest BCUT2D eigenvalue weighted by Crippen LogP contribution is 1.96. The molecule has 0 aromatic rings. The summed E-state index contributed by atoms with van der Waals surface area (Å²) in [5, 5.41) is 8.43. The van der Waals surface area contributed by atoms with E-state index in [1.165, 1.54) is 4.90 Å². The Hall–Kier alpha value is -1.10. The monoisotopic (exact) mass is 217 g/mol. The summed E-state index contributed by atoms with van der Waals surface area (Å²) in [6.45, 7) is 4.43. The van der Waals surface area contributed by atoms with E-state index in [2.05, 4.69) is 0 Å². The van der Waals surface area contributed by atoms with E-state index in [4.69, 9.17) is 9.84 Å². The second-order valence-corrected chi connectivity index (χ2v) is 3.63. The maximum atomic E-state index is 11.4. The molecule has 0 aliphatic carbocycles. The molecule has 0 rings (SSSR count). The lowest BCUT2D eigenvalue weighted by Gasteiger charge is -2.16. The van der Waals surface area contributed by atoms with Gasteiger partial charge in [0.1, 0.15) is 0 Å². The molecule has 0 radical (unpaired) electrons. The zero-order valence-electron chi connectivity index (χ0n) is 9.52. The van der Waals surface area contributed by atoms with Gasteiger partial charge in [0.2, 0.25) is 5.91 Å². The van der Waals surface area contributed by atoms with Gasteiger partial charge in [-0.05, 0) is 13.8 Å². The zero-order chi connectivity index (χ0) is 11.8. The van der Waals surface area contributed by atoms with Crippen LogP contribution in [0.2, 0.25) is 0 Å². The number of hydrogen-bond donors (Lipinski definition) is 1. The van der Waals surface area contributed by atoms with E-state index in [0.29, 0.717) is 13.0 Å². The van der Waals surface area contributed by atoms with E-state index in [1.54, 1.807) is 7.05 Å². The van der Waals surface area contributed by atoms with E-state index < -0.39 is 5.97 Å². The largest absolute Gasteiger partial charge is 0.481 e. The molecule has 0 aliphatic rings. The van der Waals surface area contributed by atoms with Crippen LogP contribution in [-0.2, 0) is 14.3 Å². The number of ether oxygens (including phenoxy) is 1. The third-order valence-electron chi connectivity index (χ3n) is 1.85. The van der Waals surface area contributed by atoms with Crippen LogP contribution in [0.4, 0.5) is 0 Å². The van der Waals surface area contributed by atoms with Gasteiger partial charge in [0.05, 0.1) is 25.6 Å². The lowest BCUT2D eigenvalue weighted by atomic mass is 10.3. The minimum Gasteiger partial charge on any atom is -0.481 e. The molecule has 0 unspecified atom stereocenters. The van der Waals surface area contributed by atoms with Gasteiger partial charge in [-0.1, -0.05) is 0 Å². The van der Waals surface area contributed by atoms with Crippen molar-refractivity contribution in [1.29, 1.82) is 0 Å². The molecule has 5 heteroatoms. The standard InChI is InChI=1S/C10H19NO4/c1-8(2)15-7-5-9(12)11(3)6-4-10(13)14/h8H,4-7H2,1-3H3,(H,13,14). The summed E-state index contributed by atoms with van der Waals surface area (Å²) in [6, 6.07) is 0. The van der Waals surface area contributed by atoms with E-state index in [0.717, 1.165) is 0 Å². The van der Waals surface area contributed by atoms with Crippen LogP contribution in [0.15, 0.2) is 0 Å². The Bertz CT molecular complexity index is 215. The van der Waals surface area contributed by atoms with Crippen molar-refractivity contribution in [2.24, 2.45) is 0 Å². The number of carbonyl (C=O) groups is 2. The summed E-state index contributed by atoms with van der Waals surface area (Å²) >= 11 is 0. The number of rotatable bonds is 7. The van der Waals surface area contributed by atoms with Gasteiger partial charge in [-0.15, -0.1) is 0 Å². The highest BCUT2D eigenvalue weighted by atomic mass is 16.5. The lowest BCUT2D eigenvalue weighted by molar-refractivity contribution is -0.138. The topological polar surface area (TPSA) is 66.8 Å². The molecule has 0 saturated carbocycles. The number of amides is 1. The SMILES string of the molecule is CC(C)OCCC(=O)N(C)CCC(=O)O. The Morgan fingerprint density at radius 1 is 1.33 bits per heavy atom. The second-order valence-electron chi connectivity index (χ2n) is 3.63. The Kier molecular flexibility index (Phi) is 6.70. The molecule has 0 atom stereocenters. The quantitative estimate of drug-likeness (QED) is 0.682. The van der Waals surface area contributed by atoms with E-state index in [1.807, 2.05) is 13.8 Å². The Morgan fingerprint density at radius 2 is 1.93 bits per heavy atom. The first-order chi connectivity index (χ1) is 6.93. The molecule has 0 saturated heterocycles. The molecule has 1 amide bonds. The maximum Gasteiger partial charge on any atom is 0.305 e. The fraction of sp³-hybridized carbons (Fsp3) is 0.800. The molecule has 5 nitrogen and oxygen atoms in total. The fourth-order valence-corrected chi connectivity index (χ4v) is 0.961. The number of aliphatic carboxylic acids is 1. The average Bonchev–Trinajstić information content (AvgIpc) is 2.13. The minimum absolute atomic E-state index is 0.0206. The normalized spacial score (nSPS) is 10.4. The van der Waals surface area contributed by atoms with Crippen LogP contribution in [0.5, 0.6) is 0 Å². The Balaban J connectivity index is 3.64. The molecule has 0 aromatic carbocycles. The summed E-state index contributed by atoms with van der Waals surface area (Å²) in [7, 11) is 1.60. The van der Waals surface area contributed by atoms with Gasteiger partial charge in [0.15, 0.2) is 0 Å². The molecule has 0 bridgehead atoms. The number of carboxylic acids is 1. The third kappa shape index (κ3) is 7.93. The third-order valence-corrected chi connectivity index (χ3v) is 1.85. The molecule has 0 fully saturated rings. The number of nitrogens with zero attached hydrogens (tertiary/aromatic N) is 1. The van der Waals surface area contributed by atoms with Gasteiger partial charge >= 0.3 is 5.97 Å². The summed E-state index contributed by atoms with van der Waals surface area (Å²) in [5.41, 5.74) is 0. The first-order valence-corrected chi connectivity index (χ1v) is 5.01. The van der Waals surface area contributed by atoms with Crippen molar-refractivity contribution < 1.29 is 19.4 Å². The number of hydrogen-bond acceptors (Lipinski definition) is 3. The minimum atomic E-state index is -0.895. The van der Waals surface area contributed by atoms with Crippen molar-refractivity contribution in [3.8, 4) is 0 Å². The van der Waals surface area contributed by atoms with Crippen LogP contribution in [0.25, 0.3) is 0 Å². The predicted molar refractivity (Wildman–Crippen MR) is 55.6 cm³/mol. The number of carbonyl (C=O) groups excluding carboxylic acids is 1. The molecule has 1 N–H and O–H groups in total. The summed E-state index contributed by atoms with van der Waals surface area (Å²) in [6.07, 6.45) is 0.392. The van der Waals surface area contributed by atoms with Gasteiger partial charge in [0, 0.05) is 13.6 Å². The zero-order valence-corrected chi connectivity index (χ0v) is 9.52. The van der Waals surface area contributed by atoms with Crippen molar-refractivity contribution in [3.63, 3.8) is 0 Å². The second kappa shape index (κ2) is 7.23. The van der Waals surface area contributed by atoms with Crippen LogP contribution >= 0.6 is 0 Å². The van der Waals surface area contributed by atoms with Crippen molar-refractivity contribution in [2.75, 3.05) is 20.2 Å². The average molecular weight is 217 g/mol. The molecule has 0 spiro atoms. The molecular weight excluding hydrogens is 198 g/mol. The van der Waals surface area contributed by atoms with E-state index >= 15 is 0 Å². The van der Waals surface area contributed by atoms with Gasteiger partial charge in [-0.25, -0.2) is 0 Å². The van der Waals surface area contributed by atoms with Crippen LogP contribution < -0.4 is 0 Å². The number of carboxylic acid groups (broad SMARTS) is 1. The molecule has 0 heterocycles. The lowest BCUT2D eigenvalue weighted by Crippen LogP contribution is -2.30. The molecular formula is C10H19NO4. The predicted octanol–water partition coefficient (Wildman–Crippen LogP) is 0.735. The van der Waals surface area contributed by atoms with E-state index in [9.17, 15) is 9.59 Å². The van der Waals surface area contributed by atoms with Crippen molar-refractivity contribution in [1.82, 2.24) is 4.90 Å². The first-order valence-electron chi connectivity index (χ1n) is 5.01. The summed E-state index contributed by atoms with van der Waals surface area (Å²) < 4.78 is 5.22. The van der Waals surface area contributed by atoms with Gasteiger partial charge in [0.25, 0.3) is 0 Å². The molecule has 0 aromatic heterocycles. The van der Waals surface area contributed by atoms with Crippen molar-refractivity contribution >= 4 is 11.9 Å². The first kappa shape index (κ1) is 13.9. The Labute approximate surface area is 90.0 Å². The van der Waals surface area contributed by atoms with Crippen LogP contribution in [-0.4, -0.2) is 48.2 Å². The van der Waals surface area contributed by atoms with Gasteiger partial charge < -0.3 is 14.7 Å². The highest BCUT2D eigenvalue weighted by Gasteiger charge is 2.10. The van der Waals surface area contributed by atoms with Crippen LogP contribution in [0.3, 0.4) is 0 Å². The van der Waals surface area contributed by atoms with Crippen molar-refractivity contribution in [2.45, 2.75) is 32.8 Å². The highest BCUT2D eigenvalue weighted by molar-refractivity contribution is 5.76. The van der Waals surface area contributed by atoms with E-state index in [-0.39, 0.29) is 25.0 Å². The van der Waals surface area contributed by atoms with Gasteiger partial charge in [-0.2, -0.15) is 0 Å². The maximum absolute atomic E-state index is 11.4. The van der Waals surface area contributed by atoms with Gasteiger partial charge in [-0.3, -0.25) is 9.59 Å². The molecule has 15 heavy (non-hydrogen) atoms. The smallest absolute Gasteiger partial charge is 0.305 e. The Morgan fingerprint density at radius 3 is 2.40 bits per heavy atom.